The largest absolute Gasteiger partial charge is 0.342 e. The van der Waals surface area contributed by atoms with Crippen molar-refractivity contribution in [2.75, 3.05) is 13.1 Å². The number of nitrogens with zero attached hydrogens (tertiary/aromatic N) is 3. The van der Waals surface area contributed by atoms with Gasteiger partial charge in [-0.2, -0.15) is 14.9 Å². The van der Waals surface area contributed by atoms with Crippen LogP contribution in [0.5, 0.6) is 0 Å². The average molecular weight is 259 g/mol. The summed E-state index contributed by atoms with van der Waals surface area (Å²) in [5.41, 5.74) is 0. The van der Waals surface area contributed by atoms with Crippen LogP contribution in [-0.2, 0) is 4.79 Å². The summed E-state index contributed by atoms with van der Waals surface area (Å²) < 4.78 is 4.95. The van der Waals surface area contributed by atoms with E-state index in [4.69, 9.17) is 4.52 Å². The lowest BCUT2D eigenvalue weighted by Gasteiger charge is -2.30. The van der Waals surface area contributed by atoms with Gasteiger partial charge in [0.15, 0.2) is 5.82 Å². The first kappa shape index (κ1) is 16.0. The monoisotopic (exact) mass is 259 g/mol. The molecule has 5 nitrogen and oxygen atoms in total. The van der Waals surface area contributed by atoms with Crippen molar-refractivity contribution in [1.82, 2.24) is 15.0 Å². The van der Waals surface area contributed by atoms with E-state index in [1.807, 2.05) is 4.90 Å². The minimum absolute atomic E-state index is 0. The first-order valence-electron chi connectivity index (χ1n) is 5.22. The minimum Gasteiger partial charge on any atom is -0.342 e. The normalized spacial score (nSPS) is 19.2. The maximum absolute atomic E-state index is 11.2. The average Bonchev–Trinajstić information content (AvgIpc) is 2.65. The van der Waals surface area contributed by atoms with Crippen molar-refractivity contribution in [2.24, 2.45) is 0 Å². The van der Waals surface area contributed by atoms with Gasteiger partial charge in [-0.25, -0.2) is 0 Å². The standard InChI is InChI=1S/C10H15N3O2.CH4.H3P/c1-7-11-10(12-15-7)9-4-3-5-13(6-9)8(2)14;;/h9H,3-6H2,1-2H3;1H4;1H3. The second-order valence-corrected chi connectivity index (χ2v) is 3.98. The molecule has 1 aromatic heterocycles. The molecule has 17 heavy (non-hydrogen) atoms. The van der Waals surface area contributed by atoms with Crippen LogP contribution in [0.15, 0.2) is 4.52 Å². The topological polar surface area (TPSA) is 59.2 Å². The van der Waals surface area contributed by atoms with Crippen molar-refractivity contribution >= 4 is 15.8 Å². The number of amides is 1. The Morgan fingerprint density at radius 1 is 1.53 bits per heavy atom. The Morgan fingerprint density at radius 2 is 2.24 bits per heavy atom. The van der Waals surface area contributed by atoms with Crippen molar-refractivity contribution in [3.05, 3.63) is 11.7 Å². The number of carbonyl (C=O) groups excluding carboxylic acids is 1. The molecular weight excluding hydrogens is 237 g/mol. The molecule has 2 rings (SSSR count). The summed E-state index contributed by atoms with van der Waals surface area (Å²) in [7, 11) is 0. The maximum atomic E-state index is 11.2. The van der Waals surface area contributed by atoms with Crippen LogP contribution in [-0.4, -0.2) is 34.0 Å². The molecule has 1 aliphatic rings. The molecule has 1 saturated heterocycles. The quantitative estimate of drug-likeness (QED) is 0.721. The van der Waals surface area contributed by atoms with E-state index in [2.05, 4.69) is 10.1 Å². The molecule has 0 aromatic carbocycles. The summed E-state index contributed by atoms with van der Waals surface area (Å²) in [4.78, 5) is 17.3. The van der Waals surface area contributed by atoms with Crippen LogP contribution in [0.25, 0.3) is 0 Å². The predicted molar refractivity (Wildman–Crippen MR) is 71.1 cm³/mol. The lowest BCUT2D eigenvalue weighted by molar-refractivity contribution is -0.130. The summed E-state index contributed by atoms with van der Waals surface area (Å²) in [5, 5.41) is 3.91. The highest BCUT2D eigenvalue weighted by Gasteiger charge is 2.25. The lowest BCUT2D eigenvalue weighted by atomic mass is 9.97. The SMILES string of the molecule is C.CC(=O)N1CCCC(c2noc(C)n2)C1.P. The van der Waals surface area contributed by atoms with Gasteiger partial charge < -0.3 is 9.42 Å². The van der Waals surface area contributed by atoms with E-state index in [0.29, 0.717) is 12.4 Å². The third kappa shape index (κ3) is 3.77. The third-order valence-electron chi connectivity index (χ3n) is 2.78. The summed E-state index contributed by atoms with van der Waals surface area (Å²) >= 11 is 0. The van der Waals surface area contributed by atoms with Crippen LogP contribution in [0, 0.1) is 6.92 Å². The molecule has 0 saturated carbocycles. The van der Waals surface area contributed by atoms with Gasteiger partial charge in [0.25, 0.3) is 0 Å². The number of hydrogen-bond acceptors (Lipinski definition) is 4. The second-order valence-electron chi connectivity index (χ2n) is 3.98. The van der Waals surface area contributed by atoms with E-state index in [1.165, 1.54) is 0 Å². The van der Waals surface area contributed by atoms with Gasteiger partial charge in [0.2, 0.25) is 11.8 Å². The van der Waals surface area contributed by atoms with E-state index < -0.39 is 0 Å². The number of hydrogen-bond donors (Lipinski definition) is 0. The van der Waals surface area contributed by atoms with Crippen molar-refractivity contribution in [3.63, 3.8) is 0 Å². The smallest absolute Gasteiger partial charge is 0.223 e. The fourth-order valence-electron chi connectivity index (χ4n) is 1.95. The number of likely N-dealkylation sites (tertiary alicyclic amines) is 1. The predicted octanol–water partition coefficient (Wildman–Crippen LogP) is 1.80. The van der Waals surface area contributed by atoms with Crippen LogP contribution < -0.4 is 0 Å². The van der Waals surface area contributed by atoms with Gasteiger partial charge in [-0.1, -0.05) is 12.6 Å². The van der Waals surface area contributed by atoms with E-state index in [9.17, 15) is 4.79 Å². The summed E-state index contributed by atoms with van der Waals surface area (Å²) in [6.07, 6.45) is 2.04. The molecule has 0 bridgehead atoms. The molecular formula is C11H22N3O2P. The first-order chi connectivity index (χ1) is 7.16. The Balaban J connectivity index is 0.00000128. The molecule has 1 aromatic rings. The van der Waals surface area contributed by atoms with Crippen LogP contribution in [0.3, 0.4) is 0 Å². The molecule has 0 aliphatic carbocycles. The minimum atomic E-state index is 0. The Kier molecular flexibility index (Phi) is 6.32. The van der Waals surface area contributed by atoms with Crippen LogP contribution in [0.4, 0.5) is 0 Å². The molecule has 1 aliphatic heterocycles. The molecule has 0 radical (unpaired) electrons. The van der Waals surface area contributed by atoms with Crippen LogP contribution >= 0.6 is 9.90 Å². The number of carbonyl (C=O) groups is 1. The van der Waals surface area contributed by atoms with Crippen molar-refractivity contribution in [3.8, 4) is 0 Å². The lowest BCUT2D eigenvalue weighted by Crippen LogP contribution is -2.37. The Morgan fingerprint density at radius 3 is 2.76 bits per heavy atom. The van der Waals surface area contributed by atoms with Gasteiger partial charge >= 0.3 is 0 Å². The summed E-state index contributed by atoms with van der Waals surface area (Å²) in [6, 6.07) is 0. The van der Waals surface area contributed by atoms with E-state index in [-0.39, 0.29) is 29.2 Å². The third-order valence-corrected chi connectivity index (χ3v) is 2.78. The Hall–Kier alpha value is -0.960. The summed E-state index contributed by atoms with van der Waals surface area (Å²) in [5.74, 6) is 1.68. The maximum Gasteiger partial charge on any atom is 0.223 e. The van der Waals surface area contributed by atoms with Gasteiger partial charge in [-0.05, 0) is 12.8 Å². The van der Waals surface area contributed by atoms with Crippen LogP contribution in [0.2, 0.25) is 0 Å². The van der Waals surface area contributed by atoms with Crippen molar-refractivity contribution in [1.29, 1.82) is 0 Å². The molecule has 1 amide bonds. The fraction of sp³-hybridized carbons (Fsp3) is 0.727. The van der Waals surface area contributed by atoms with E-state index in [1.54, 1.807) is 13.8 Å². The molecule has 2 unspecified atom stereocenters. The highest BCUT2D eigenvalue weighted by atomic mass is 31.0. The zero-order valence-electron chi connectivity index (χ0n) is 9.77. The summed E-state index contributed by atoms with van der Waals surface area (Å²) in [6.45, 7) is 4.95. The highest BCUT2D eigenvalue weighted by Crippen LogP contribution is 2.24. The molecule has 2 heterocycles. The van der Waals surface area contributed by atoms with E-state index >= 15 is 0 Å². The molecule has 6 heteroatoms. The van der Waals surface area contributed by atoms with Gasteiger partial charge in [0.05, 0.1) is 0 Å². The van der Waals surface area contributed by atoms with E-state index in [0.717, 1.165) is 25.2 Å². The van der Waals surface area contributed by atoms with Gasteiger partial charge in [-0.15, -0.1) is 0 Å². The van der Waals surface area contributed by atoms with Gasteiger partial charge in [0, 0.05) is 32.9 Å². The molecule has 0 spiro atoms. The zero-order chi connectivity index (χ0) is 10.8. The fourth-order valence-corrected chi connectivity index (χ4v) is 1.95. The molecule has 1 fully saturated rings. The first-order valence-corrected chi connectivity index (χ1v) is 5.22. The number of rotatable bonds is 1. The number of aromatic nitrogens is 2. The highest BCUT2D eigenvalue weighted by molar-refractivity contribution is 6.92. The Labute approximate surface area is 106 Å². The Bertz CT molecular complexity index is 367. The number of piperidine rings is 1. The number of aryl methyl sites for hydroxylation is 1. The van der Waals surface area contributed by atoms with Crippen LogP contribution in [0.1, 0.15) is 44.8 Å². The molecule has 98 valence electrons. The van der Waals surface area contributed by atoms with Gasteiger partial charge in [0.1, 0.15) is 0 Å². The molecule has 2 atom stereocenters. The van der Waals surface area contributed by atoms with Crippen molar-refractivity contribution < 1.29 is 9.32 Å². The second kappa shape index (κ2) is 6.70. The molecule has 0 N–H and O–H groups in total. The van der Waals surface area contributed by atoms with Crippen molar-refractivity contribution in [2.45, 2.75) is 40.0 Å². The van der Waals surface area contributed by atoms with Gasteiger partial charge in [-0.3, -0.25) is 4.79 Å². The zero-order valence-corrected chi connectivity index (χ0v) is 11.2.